The van der Waals surface area contributed by atoms with Gasteiger partial charge in [-0.1, -0.05) is 12.1 Å². The molecule has 2 heterocycles. The number of rotatable bonds is 7. The van der Waals surface area contributed by atoms with Crippen LogP contribution in [0.15, 0.2) is 30.5 Å². The predicted molar refractivity (Wildman–Crippen MR) is 109 cm³/mol. The van der Waals surface area contributed by atoms with Gasteiger partial charge in [0.1, 0.15) is 0 Å². The molecular weight excluding hydrogens is 386 g/mol. The topological polar surface area (TPSA) is 80.3 Å². The van der Waals surface area contributed by atoms with E-state index in [4.69, 9.17) is 4.74 Å². The predicted octanol–water partition coefficient (Wildman–Crippen LogP) is 3.27. The van der Waals surface area contributed by atoms with Gasteiger partial charge in [-0.25, -0.2) is 9.78 Å². The van der Waals surface area contributed by atoms with Gasteiger partial charge in [0, 0.05) is 23.9 Å². The van der Waals surface area contributed by atoms with E-state index in [0.29, 0.717) is 29.5 Å². The number of thiazole rings is 1. The molecule has 1 aromatic carbocycles. The van der Waals surface area contributed by atoms with Gasteiger partial charge in [-0.2, -0.15) is 0 Å². The molecule has 1 aliphatic heterocycles. The summed E-state index contributed by atoms with van der Waals surface area (Å²) in [5.74, 6) is 0.279. The molecule has 0 radical (unpaired) electrons. The van der Waals surface area contributed by atoms with E-state index in [2.05, 4.69) is 15.6 Å². The number of nitrogens with one attached hydrogen (secondary N) is 2. The average Bonchev–Trinajstić information content (AvgIpc) is 3.31. The molecule has 8 heteroatoms. The number of carbonyl (C=O) groups is 2. The first-order valence-corrected chi connectivity index (χ1v) is 9.58. The zero-order chi connectivity index (χ0) is 18.4. The van der Waals surface area contributed by atoms with Gasteiger partial charge in [-0.05, 0) is 49.5 Å². The summed E-state index contributed by atoms with van der Waals surface area (Å²) in [5, 5.41) is 6.82. The lowest BCUT2D eigenvalue weighted by Crippen LogP contribution is -2.14. The number of hydrogen-bond acceptors (Lipinski definition) is 6. The number of aromatic nitrogens is 1. The van der Waals surface area contributed by atoms with Crippen LogP contribution in [-0.2, 0) is 16.0 Å². The van der Waals surface area contributed by atoms with Gasteiger partial charge in [0.25, 0.3) is 0 Å². The summed E-state index contributed by atoms with van der Waals surface area (Å²) in [6.45, 7) is 2.07. The van der Waals surface area contributed by atoms with Crippen LogP contribution in [0.2, 0.25) is 0 Å². The second-order valence-electron chi connectivity index (χ2n) is 6.45. The second-order valence-corrected chi connectivity index (χ2v) is 7.56. The molecular formula is C19H24ClN3O3S. The molecule has 1 saturated heterocycles. The van der Waals surface area contributed by atoms with Gasteiger partial charge in [0.05, 0.1) is 12.7 Å². The molecule has 1 unspecified atom stereocenters. The van der Waals surface area contributed by atoms with Crippen molar-refractivity contribution in [3.05, 3.63) is 46.5 Å². The Balaban J connectivity index is 0.00000261. The molecule has 1 aliphatic rings. The summed E-state index contributed by atoms with van der Waals surface area (Å²) < 4.78 is 4.75. The van der Waals surface area contributed by atoms with Crippen molar-refractivity contribution >= 4 is 40.8 Å². The Bertz CT molecular complexity index is 775. The number of esters is 1. The zero-order valence-corrected chi connectivity index (χ0v) is 16.8. The van der Waals surface area contributed by atoms with E-state index < -0.39 is 0 Å². The molecule has 3 rings (SSSR count). The number of hydrogen-bond donors (Lipinski definition) is 2. The molecule has 0 aliphatic carbocycles. The third kappa shape index (κ3) is 6.30. The Morgan fingerprint density at radius 3 is 3.00 bits per heavy atom. The minimum absolute atomic E-state index is 0. The highest BCUT2D eigenvalue weighted by molar-refractivity contribution is 7.15. The van der Waals surface area contributed by atoms with Crippen LogP contribution in [0.3, 0.4) is 0 Å². The van der Waals surface area contributed by atoms with Gasteiger partial charge in [-0.15, -0.1) is 23.7 Å². The molecule has 1 amide bonds. The summed E-state index contributed by atoms with van der Waals surface area (Å²) in [5.41, 5.74) is 1.53. The molecule has 1 aromatic heterocycles. The fraction of sp³-hybridized carbons (Fsp3) is 0.421. The van der Waals surface area contributed by atoms with E-state index in [-0.39, 0.29) is 24.3 Å². The van der Waals surface area contributed by atoms with Crippen LogP contribution in [0.4, 0.5) is 5.13 Å². The maximum atomic E-state index is 12.1. The Kier molecular flexibility index (Phi) is 8.22. The maximum Gasteiger partial charge on any atom is 0.337 e. The summed E-state index contributed by atoms with van der Waals surface area (Å²) in [7, 11) is 1.37. The quantitative estimate of drug-likeness (QED) is 0.686. The van der Waals surface area contributed by atoms with Crippen LogP contribution in [0.1, 0.15) is 40.1 Å². The minimum atomic E-state index is -0.346. The largest absolute Gasteiger partial charge is 0.465 e. The van der Waals surface area contributed by atoms with Crippen LogP contribution in [0.25, 0.3) is 0 Å². The lowest BCUT2D eigenvalue weighted by molar-refractivity contribution is -0.116. The van der Waals surface area contributed by atoms with Gasteiger partial charge in [-0.3, -0.25) is 4.79 Å². The SMILES string of the molecule is COC(=O)c1cccc(Cc2cnc(NC(=O)CCC3CCNC3)s2)c1.Cl. The fourth-order valence-corrected chi connectivity index (χ4v) is 3.92. The van der Waals surface area contributed by atoms with E-state index in [1.165, 1.54) is 18.4 Å². The van der Waals surface area contributed by atoms with Crippen molar-refractivity contribution in [2.45, 2.75) is 25.7 Å². The second kappa shape index (κ2) is 10.4. The van der Waals surface area contributed by atoms with Crippen LogP contribution in [0.5, 0.6) is 0 Å². The van der Waals surface area contributed by atoms with Crippen LogP contribution in [0, 0.1) is 5.92 Å². The fourth-order valence-electron chi connectivity index (χ4n) is 3.05. The number of methoxy groups -OCH3 is 1. The molecule has 0 bridgehead atoms. The highest BCUT2D eigenvalue weighted by atomic mass is 35.5. The Morgan fingerprint density at radius 1 is 1.41 bits per heavy atom. The molecule has 6 nitrogen and oxygen atoms in total. The van der Waals surface area contributed by atoms with E-state index in [1.54, 1.807) is 12.3 Å². The summed E-state index contributed by atoms with van der Waals surface area (Å²) in [6.07, 6.45) is 5.03. The smallest absolute Gasteiger partial charge is 0.337 e. The number of carbonyl (C=O) groups excluding carboxylic acids is 2. The van der Waals surface area contributed by atoms with Crippen molar-refractivity contribution in [1.82, 2.24) is 10.3 Å². The lowest BCUT2D eigenvalue weighted by Gasteiger charge is -2.07. The first-order chi connectivity index (χ1) is 12.6. The normalized spacial score (nSPS) is 15.8. The molecule has 2 aromatic rings. The first-order valence-electron chi connectivity index (χ1n) is 8.76. The third-order valence-electron chi connectivity index (χ3n) is 4.47. The van der Waals surface area contributed by atoms with Crippen molar-refractivity contribution in [2.24, 2.45) is 5.92 Å². The average molecular weight is 410 g/mol. The molecule has 146 valence electrons. The van der Waals surface area contributed by atoms with Crippen molar-refractivity contribution in [3.63, 3.8) is 0 Å². The molecule has 1 atom stereocenters. The van der Waals surface area contributed by atoms with Crippen molar-refractivity contribution in [2.75, 3.05) is 25.5 Å². The number of amides is 1. The lowest BCUT2D eigenvalue weighted by atomic mass is 10.0. The number of nitrogens with zero attached hydrogens (tertiary/aromatic N) is 1. The van der Waals surface area contributed by atoms with Crippen LogP contribution in [-0.4, -0.2) is 37.1 Å². The molecule has 1 fully saturated rings. The zero-order valence-electron chi connectivity index (χ0n) is 15.2. The van der Waals surface area contributed by atoms with Crippen molar-refractivity contribution in [1.29, 1.82) is 0 Å². The number of ether oxygens (including phenoxy) is 1. The van der Waals surface area contributed by atoms with Crippen LogP contribution < -0.4 is 10.6 Å². The van der Waals surface area contributed by atoms with E-state index >= 15 is 0 Å². The highest BCUT2D eigenvalue weighted by Crippen LogP contribution is 2.22. The summed E-state index contributed by atoms with van der Waals surface area (Å²) in [6, 6.07) is 7.34. The third-order valence-corrected chi connectivity index (χ3v) is 5.38. The van der Waals surface area contributed by atoms with E-state index in [0.717, 1.165) is 36.4 Å². The highest BCUT2D eigenvalue weighted by Gasteiger charge is 2.16. The van der Waals surface area contributed by atoms with Gasteiger partial charge in [0.15, 0.2) is 5.13 Å². The number of halogens is 1. The van der Waals surface area contributed by atoms with Crippen molar-refractivity contribution < 1.29 is 14.3 Å². The minimum Gasteiger partial charge on any atom is -0.465 e. The van der Waals surface area contributed by atoms with Gasteiger partial charge < -0.3 is 15.4 Å². The van der Waals surface area contributed by atoms with Gasteiger partial charge >= 0.3 is 5.97 Å². The van der Waals surface area contributed by atoms with E-state index in [1.807, 2.05) is 18.2 Å². The molecule has 27 heavy (non-hydrogen) atoms. The molecule has 2 N–H and O–H groups in total. The summed E-state index contributed by atoms with van der Waals surface area (Å²) in [4.78, 5) is 29.0. The number of benzene rings is 1. The first kappa shape index (κ1) is 21.3. The molecule has 0 saturated carbocycles. The Labute approximate surface area is 169 Å². The summed E-state index contributed by atoms with van der Waals surface area (Å²) >= 11 is 1.46. The number of anilines is 1. The van der Waals surface area contributed by atoms with Gasteiger partial charge in [0.2, 0.25) is 5.91 Å². The Morgan fingerprint density at radius 2 is 2.26 bits per heavy atom. The Hall–Kier alpha value is -1.96. The molecule has 0 spiro atoms. The van der Waals surface area contributed by atoms with E-state index in [9.17, 15) is 9.59 Å². The monoisotopic (exact) mass is 409 g/mol. The standard InChI is InChI=1S/C19H23N3O3S.ClH/c1-25-18(24)15-4-2-3-14(9-15)10-16-12-21-19(26-16)22-17(23)6-5-13-7-8-20-11-13;/h2-4,9,12-13,20H,5-8,10-11H2,1H3,(H,21,22,23);1H. The van der Waals surface area contributed by atoms with Crippen LogP contribution >= 0.6 is 23.7 Å². The maximum absolute atomic E-state index is 12.1. The van der Waals surface area contributed by atoms with Crippen molar-refractivity contribution in [3.8, 4) is 0 Å².